The maximum Gasteiger partial charge on any atom is 0.490 e. The Labute approximate surface area is 180 Å². The molecule has 5 aromatic rings. The van der Waals surface area contributed by atoms with Crippen LogP contribution in [0.5, 0.6) is 0 Å². The molecule has 0 saturated heterocycles. The van der Waals surface area contributed by atoms with Gasteiger partial charge in [-0.3, -0.25) is 0 Å². The van der Waals surface area contributed by atoms with E-state index in [4.69, 9.17) is 0 Å². The van der Waals surface area contributed by atoms with Crippen molar-refractivity contribution in [3.05, 3.63) is 78.4 Å². The minimum absolute atomic E-state index is 0.0648. The molecular formula is C26H23BO2S. The number of rotatable bonds is 2. The van der Waals surface area contributed by atoms with Crippen LogP contribution in [-0.4, -0.2) is 17.2 Å². The lowest BCUT2D eigenvalue weighted by atomic mass is 9.72. The van der Waals surface area contributed by atoms with Crippen molar-refractivity contribution in [1.29, 1.82) is 0 Å². The second kappa shape index (κ2) is 6.95. The summed E-state index contributed by atoms with van der Waals surface area (Å²) in [5.74, 6) is 0. The molecule has 0 aliphatic heterocycles. The number of hydrogen-bond donors (Lipinski definition) is 2. The third kappa shape index (κ3) is 2.95. The van der Waals surface area contributed by atoms with Gasteiger partial charge in [-0.15, -0.1) is 11.3 Å². The van der Waals surface area contributed by atoms with Crippen LogP contribution < -0.4 is 5.46 Å². The van der Waals surface area contributed by atoms with E-state index in [1.807, 2.05) is 18.2 Å². The third-order valence-electron chi connectivity index (χ3n) is 5.87. The Morgan fingerprint density at radius 1 is 0.733 bits per heavy atom. The molecule has 2 N–H and O–H groups in total. The zero-order valence-electron chi connectivity index (χ0n) is 17.3. The summed E-state index contributed by atoms with van der Waals surface area (Å²) in [5.41, 5.74) is 3.81. The van der Waals surface area contributed by atoms with Crippen LogP contribution in [-0.2, 0) is 5.41 Å². The standard InChI is InChI=1S/C26H23BO2S/c1-26(2,3)17-14-12-16(13-15-17)22-18-8-4-5-9-19(18)23-20-10-6-7-11-21(20)30-25(23)24(22)27(28)29/h4-15,28-29H,1-3H3. The molecule has 148 valence electrons. The molecule has 4 heteroatoms. The van der Waals surface area contributed by atoms with Gasteiger partial charge in [0.25, 0.3) is 0 Å². The third-order valence-corrected chi connectivity index (χ3v) is 7.08. The van der Waals surface area contributed by atoms with Gasteiger partial charge >= 0.3 is 7.12 Å². The number of fused-ring (bicyclic) bond motifs is 5. The topological polar surface area (TPSA) is 40.5 Å². The Kier molecular flexibility index (Phi) is 4.48. The molecule has 5 rings (SSSR count). The minimum atomic E-state index is -1.55. The molecule has 0 bridgehead atoms. The first-order chi connectivity index (χ1) is 14.4. The molecule has 0 aliphatic carbocycles. The molecule has 0 fully saturated rings. The van der Waals surface area contributed by atoms with Gasteiger partial charge in [0.1, 0.15) is 0 Å². The summed E-state index contributed by atoms with van der Waals surface area (Å²) in [6, 6.07) is 25.1. The Morgan fingerprint density at radius 2 is 1.33 bits per heavy atom. The molecule has 0 spiro atoms. The first-order valence-electron chi connectivity index (χ1n) is 10.2. The summed E-state index contributed by atoms with van der Waals surface area (Å²) in [7, 11) is -1.55. The molecule has 0 atom stereocenters. The average Bonchev–Trinajstić information content (AvgIpc) is 3.11. The van der Waals surface area contributed by atoms with E-state index in [9.17, 15) is 10.0 Å². The molecule has 2 nitrogen and oxygen atoms in total. The quantitative estimate of drug-likeness (QED) is 0.358. The molecule has 4 aromatic carbocycles. The van der Waals surface area contributed by atoms with Crippen LogP contribution in [0.25, 0.3) is 42.1 Å². The molecular weight excluding hydrogens is 387 g/mol. The van der Waals surface area contributed by atoms with Crippen LogP contribution in [0.1, 0.15) is 26.3 Å². The summed E-state index contributed by atoms with van der Waals surface area (Å²) >= 11 is 1.63. The van der Waals surface area contributed by atoms with Crippen LogP contribution in [0.15, 0.2) is 72.8 Å². The molecule has 0 amide bonds. The SMILES string of the molecule is CC(C)(C)c1ccc(-c2c(B(O)O)c3sc4ccccc4c3c3ccccc23)cc1. The second-order valence-electron chi connectivity index (χ2n) is 8.84. The minimum Gasteiger partial charge on any atom is -0.423 e. The first-order valence-corrected chi connectivity index (χ1v) is 11.0. The zero-order valence-corrected chi connectivity index (χ0v) is 18.1. The highest BCUT2D eigenvalue weighted by atomic mass is 32.1. The monoisotopic (exact) mass is 410 g/mol. The van der Waals surface area contributed by atoms with Crippen molar-refractivity contribution in [2.75, 3.05) is 0 Å². The largest absolute Gasteiger partial charge is 0.490 e. The van der Waals surface area contributed by atoms with Crippen molar-refractivity contribution in [2.24, 2.45) is 0 Å². The van der Waals surface area contributed by atoms with Crippen LogP contribution in [0, 0.1) is 0 Å². The van der Waals surface area contributed by atoms with E-state index < -0.39 is 7.12 Å². The Balaban J connectivity index is 1.94. The van der Waals surface area contributed by atoms with E-state index in [1.54, 1.807) is 11.3 Å². The maximum atomic E-state index is 10.5. The van der Waals surface area contributed by atoms with Crippen LogP contribution in [0.4, 0.5) is 0 Å². The fourth-order valence-electron chi connectivity index (χ4n) is 4.37. The Bertz CT molecular complexity index is 1390. The predicted octanol–water partition coefficient (Wildman–Crippen LogP) is 5.85. The molecule has 0 unspecified atom stereocenters. The van der Waals surface area contributed by atoms with Crippen LogP contribution in [0.2, 0.25) is 0 Å². The van der Waals surface area contributed by atoms with Crippen LogP contribution in [0.3, 0.4) is 0 Å². The van der Waals surface area contributed by atoms with Crippen molar-refractivity contribution in [1.82, 2.24) is 0 Å². The van der Waals surface area contributed by atoms with Gasteiger partial charge < -0.3 is 10.0 Å². The first kappa shape index (κ1) is 19.3. The van der Waals surface area contributed by atoms with Crippen molar-refractivity contribution in [3.8, 4) is 11.1 Å². The van der Waals surface area contributed by atoms with Crippen molar-refractivity contribution >= 4 is 54.9 Å². The van der Waals surface area contributed by atoms with Gasteiger partial charge in [-0.1, -0.05) is 87.5 Å². The molecule has 1 aromatic heterocycles. The van der Waals surface area contributed by atoms with E-state index in [1.165, 1.54) is 5.56 Å². The zero-order chi connectivity index (χ0) is 21.0. The van der Waals surface area contributed by atoms with E-state index in [-0.39, 0.29) is 5.41 Å². The van der Waals surface area contributed by atoms with Gasteiger partial charge in [0.2, 0.25) is 0 Å². The smallest absolute Gasteiger partial charge is 0.423 e. The summed E-state index contributed by atoms with van der Waals surface area (Å²) in [4.78, 5) is 0. The predicted molar refractivity (Wildman–Crippen MR) is 131 cm³/mol. The lowest BCUT2D eigenvalue weighted by Gasteiger charge is -2.20. The maximum absolute atomic E-state index is 10.5. The van der Waals surface area contributed by atoms with Gasteiger partial charge in [-0.25, -0.2) is 0 Å². The van der Waals surface area contributed by atoms with E-state index in [2.05, 4.69) is 75.4 Å². The van der Waals surface area contributed by atoms with E-state index >= 15 is 0 Å². The van der Waals surface area contributed by atoms with Gasteiger partial charge in [-0.2, -0.15) is 0 Å². The van der Waals surface area contributed by atoms with E-state index in [0.29, 0.717) is 5.46 Å². The molecule has 1 heterocycles. The van der Waals surface area contributed by atoms with Gasteiger partial charge in [0.15, 0.2) is 0 Å². The number of hydrogen-bond acceptors (Lipinski definition) is 3. The highest BCUT2D eigenvalue weighted by Crippen LogP contribution is 2.41. The highest BCUT2D eigenvalue weighted by Gasteiger charge is 2.26. The van der Waals surface area contributed by atoms with Crippen LogP contribution >= 0.6 is 11.3 Å². The normalized spacial score (nSPS) is 12.2. The van der Waals surface area contributed by atoms with E-state index in [0.717, 1.165) is 42.1 Å². The average molecular weight is 410 g/mol. The highest BCUT2D eigenvalue weighted by molar-refractivity contribution is 7.27. The molecule has 0 aliphatic rings. The lowest BCUT2D eigenvalue weighted by molar-refractivity contribution is 0.426. The van der Waals surface area contributed by atoms with Crippen molar-refractivity contribution in [3.63, 3.8) is 0 Å². The van der Waals surface area contributed by atoms with Crippen molar-refractivity contribution in [2.45, 2.75) is 26.2 Å². The summed E-state index contributed by atoms with van der Waals surface area (Å²) in [5, 5.41) is 25.4. The van der Waals surface area contributed by atoms with Gasteiger partial charge in [-0.05, 0) is 38.9 Å². The summed E-state index contributed by atoms with van der Waals surface area (Å²) < 4.78 is 2.10. The fraction of sp³-hybridized carbons (Fsp3) is 0.154. The van der Waals surface area contributed by atoms with Crippen molar-refractivity contribution < 1.29 is 10.0 Å². The molecule has 0 radical (unpaired) electrons. The fourth-order valence-corrected chi connectivity index (χ4v) is 5.66. The summed E-state index contributed by atoms with van der Waals surface area (Å²) in [6.45, 7) is 6.59. The molecule has 30 heavy (non-hydrogen) atoms. The number of benzene rings is 4. The second-order valence-corrected chi connectivity index (χ2v) is 9.89. The lowest BCUT2D eigenvalue weighted by Crippen LogP contribution is -2.32. The summed E-state index contributed by atoms with van der Waals surface area (Å²) in [6.07, 6.45) is 0. The van der Waals surface area contributed by atoms with Gasteiger partial charge in [0.05, 0.1) is 0 Å². The number of thiophene rings is 1. The Hall–Kier alpha value is -2.66. The molecule has 0 saturated carbocycles. The Morgan fingerprint density at radius 3 is 1.97 bits per heavy atom. The van der Waals surface area contributed by atoms with Gasteiger partial charge in [0, 0.05) is 25.6 Å².